The van der Waals surface area contributed by atoms with Gasteiger partial charge in [0.15, 0.2) is 17.5 Å². The molecule has 6 heteroatoms. The first-order valence-electron chi connectivity index (χ1n) is 19.0. The topological polar surface area (TPSA) is 69.9 Å². The standard InChI is InChI=1S/C51H30N4O2/c1-2-11-31(12-3-1)32-21-25-35(26-22-32)55-43-18-7-4-13-36(43)41-29-33(23-27-44(41)55)49-52-50(34-24-28-47-42(30-34)38-15-6-8-19-45(38)56-47)54-51(53-49)40-17-10-16-39-37-14-5-9-20-46(37)57-48(39)40/h1-30H. The summed E-state index contributed by atoms with van der Waals surface area (Å²) in [5.74, 6) is 1.68. The van der Waals surface area contributed by atoms with Crippen LogP contribution in [0.2, 0.25) is 0 Å². The average Bonchev–Trinajstić information content (AvgIpc) is 3.96. The highest BCUT2D eigenvalue weighted by Crippen LogP contribution is 2.39. The van der Waals surface area contributed by atoms with Gasteiger partial charge in [0.05, 0.1) is 16.6 Å². The number of aromatic nitrogens is 4. The van der Waals surface area contributed by atoms with Crippen molar-refractivity contribution in [2.24, 2.45) is 0 Å². The summed E-state index contributed by atoms with van der Waals surface area (Å²) in [6.07, 6.45) is 0. The second kappa shape index (κ2) is 12.3. The molecular formula is C51H30N4O2. The first-order valence-corrected chi connectivity index (χ1v) is 19.0. The Morgan fingerprint density at radius 3 is 1.67 bits per heavy atom. The van der Waals surface area contributed by atoms with Gasteiger partial charge in [-0.2, -0.15) is 0 Å². The number of benzene rings is 8. The van der Waals surface area contributed by atoms with Gasteiger partial charge in [-0.1, -0.05) is 109 Å². The van der Waals surface area contributed by atoms with Crippen molar-refractivity contribution in [3.05, 3.63) is 182 Å². The second-order valence-electron chi connectivity index (χ2n) is 14.4. The molecule has 0 aliphatic rings. The molecule has 0 saturated carbocycles. The lowest BCUT2D eigenvalue weighted by atomic mass is 10.1. The van der Waals surface area contributed by atoms with Crippen LogP contribution < -0.4 is 0 Å². The molecule has 8 aromatic carbocycles. The predicted octanol–water partition coefficient (Wildman–Crippen LogP) is 13.4. The van der Waals surface area contributed by atoms with Gasteiger partial charge in [-0.25, -0.2) is 15.0 Å². The molecule has 12 rings (SSSR count). The van der Waals surface area contributed by atoms with Crippen LogP contribution in [-0.4, -0.2) is 19.5 Å². The van der Waals surface area contributed by atoms with E-state index in [9.17, 15) is 0 Å². The lowest BCUT2D eigenvalue weighted by molar-refractivity contribution is 0.669. The van der Waals surface area contributed by atoms with Crippen LogP contribution in [0.15, 0.2) is 191 Å². The molecule has 266 valence electrons. The van der Waals surface area contributed by atoms with Crippen LogP contribution in [0.5, 0.6) is 0 Å². The molecule has 4 heterocycles. The smallest absolute Gasteiger partial charge is 0.167 e. The van der Waals surface area contributed by atoms with Crippen molar-refractivity contribution in [3.8, 4) is 51.0 Å². The lowest BCUT2D eigenvalue weighted by Crippen LogP contribution is -2.00. The quantitative estimate of drug-likeness (QED) is 0.176. The maximum Gasteiger partial charge on any atom is 0.167 e. The highest BCUT2D eigenvalue weighted by molar-refractivity contribution is 6.11. The van der Waals surface area contributed by atoms with Crippen LogP contribution in [0.1, 0.15) is 0 Å². The van der Waals surface area contributed by atoms with E-state index in [0.29, 0.717) is 17.5 Å². The van der Waals surface area contributed by atoms with E-state index >= 15 is 0 Å². The van der Waals surface area contributed by atoms with Crippen molar-refractivity contribution >= 4 is 65.7 Å². The summed E-state index contributed by atoms with van der Waals surface area (Å²) in [6, 6.07) is 62.9. The molecule has 0 fully saturated rings. The summed E-state index contributed by atoms with van der Waals surface area (Å²) in [4.78, 5) is 15.6. The molecule has 0 unspecified atom stereocenters. The van der Waals surface area contributed by atoms with Crippen LogP contribution >= 0.6 is 0 Å². The minimum atomic E-state index is 0.540. The second-order valence-corrected chi connectivity index (χ2v) is 14.4. The monoisotopic (exact) mass is 730 g/mol. The van der Waals surface area contributed by atoms with Crippen molar-refractivity contribution in [1.29, 1.82) is 0 Å². The Hall–Kier alpha value is -7.83. The van der Waals surface area contributed by atoms with E-state index in [2.05, 4.69) is 120 Å². The summed E-state index contributed by atoms with van der Waals surface area (Å²) >= 11 is 0. The van der Waals surface area contributed by atoms with E-state index in [1.165, 1.54) is 11.1 Å². The van der Waals surface area contributed by atoms with E-state index in [-0.39, 0.29) is 0 Å². The van der Waals surface area contributed by atoms with Gasteiger partial charge in [-0.05, 0) is 83.9 Å². The zero-order valence-electron chi connectivity index (χ0n) is 30.4. The van der Waals surface area contributed by atoms with E-state index in [1.54, 1.807) is 0 Å². The van der Waals surface area contributed by atoms with E-state index in [0.717, 1.165) is 88.1 Å². The molecule has 0 bridgehead atoms. The van der Waals surface area contributed by atoms with Gasteiger partial charge in [-0.15, -0.1) is 0 Å². The maximum atomic E-state index is 6.49. The molecule has 57 heavy (non-hydrogen) atoms. The minimum absolute atomic E-state index is 0.540. The van der Waals surface area contributed by atoms with E-state index < -0.39 is 0 Å². The number of hydrogen-bond donors (Lipinski definition) is 0. The molecule has 0 atom stereocenters. The number of hydrogen-bond acceptors (Lipinski definition) is 5. The Kier molecular flexibility index (Phi) is 6.83. The van der Waals surface area contributed by atoms with Crippen molar-refractivity contribution in [2.45, 2.75) is 0 Å². The summed E-state index contributed by atoms with van der Waals surface area (Å²) < 4.78 is 15.0. The number of furan rings is 2. The fourth-order valence-corrected chi connectivity index (χ4v) is 8.37. The van der Waals surface area contributed by atoms with Gasteiger partial charge in [0.25, 0.3) is 0 Å². The molecule has 0 aliphatic carbocycles. The van der Waals surface area contributed by atoms with Gasteiger partial charge in [-0.3, -0.25) is 0 Å². The van der Waals surface area contributed by atoms with Crippen LogP contribution in [0, 0.1) is 0 Å². The summed E-state index contributed by atoms with van der Waals surface area (Å²) in [5, 5.41) is 6.40. The van der Waals surface area contributed by atoms with Gasteiger partial charge in [0, 0.05) is 49.1 Å². The predicted molar refractivity (Wildman–Crippen MR) is 230 cm³/mol. The SMILES string of the molecule is c1ccc(-c2ccc(-n3c4ccccc4c4cc(-c5nc(-c6ccc7oc8ccccc8c7c6)nc(-c6cccc7c6oc6ccccc67)n5)ccc43)cc2)cc1. The Morgan fingerprint density at radius 1 is 0.333 bits per heavy atom. The van der Waals surface area contributed by atoms with E-state index in [4.69, 9.17) is 23.8 Å². The Labute approximate surface area is 325 Å². The molecule has 12 aromatic rings. The Balaban J connectivity index is 1.06. The van der Waals surface area contributed by atoms with Crippen LogP contribution in [0.4, 0.5) is 0 Å². The Morgan fingerprint density at radius 2 is 0.877 bits per heavy atom. The average molecular weight is 731 g/mol. The van der Waals surface area contributed by atoms with Gasteiger partial charge in [0.1, 0.15) is 22.3 Å². The molecule has 0 spiro atoms. The third-order valence-corrected chi connectivity index (χ3v) is 11.1. The third-order valence-electron chi connectivity index (χ3n) is 11.1. The minimum Gasteiger partial charge on any atom is -0.456 e. The fraction of sp³-hybridized carbons (Fsp3) is 0. The van der Waals surface area contributed by atoms with Gasteiger partial charge in [0.2, 0.25) is 0 Å². The zero-order chi connectivity index (χ0) is 37.5. The highest BCUT2D eigenvalue weighted by atomic mass is 16.3. The number of rotatable bonds is 5. The molecule has 0 aliphatic heterocycles. The first kappa shape index (κ1) is 31.5. The highest BCUT2D eigenvalue weighted by Gasteiger charge is 2.20. The Bertz CT molecular complexity index is 3520. The summed E-state index contributed by atoms with van der Waals surface area (Å²) in [5.41, 5.74) is 11.5. The fourth-order valence-electron chi connectivity index (χ4n) is 8.37. The lowest BCUT2D eigenvalue weighted by Gasteiger charge is -2.11. The molecule has 6 nitrogen and oxygen atoms in total. The summed E-state index contributed by atoms with van der Waals surface area (Å²) in [7, 11) is 0. The largest absolute Gasteiger partial charge is 0.456 e. The molecule has 0 saturated heterocycles. The van der Waals surface area contributed by atoms with Crippen LogP contribution in [0.3, 0.4) is 0 Å². The van der Waals surface area contributed by atoms with E-state index in [1.807, 2.05) is 66.7 Å². The molecule has 0 N–H and O–H groups in total. The molecule has 0 radical (unpaired) electrons. The number of nitrogens with zero attached hydrogens (tertiary/aromatic N) is 4. The first-order chi connectivity index (χ1) is 28.2. The molecular weight excluding hydrogens is 701 g/mol. The zero-order valence-corrected chi connectivity index (χ0v) is 30.4. The normalized spacial score (nSPS) is 11.9. The number of fused-ring (bicyclic) bond motifs is 9. The molecule has 0 amide bonds. The maximum absolute atomic E-state index is 6.49. The van der Waals surface area contributed by atoms with Crippen molar-refractivity contribution < 1.29 is 8.83 Å². The van der Waals surface area contributed by atoms with Crippen molar-refractivity contribution in [2.75, 3.05) is 0 Å². The van der Waals surface area contributed by atoms with Gasteiger partial charge >= 0.3 is 0 Å². The number of para-hydroxylation sites is 4. The van der Waals surface area contributed by atoms with Crippen LogP contribution in [-0.2, 0) is 0 Å². The summed E-state index contributed by atoms with van der Waals surface area (Å²) in [6.45, 7) is 0. The van der Waals surface area contributed by atoms with Crippen molar-refractivity contribution in [3.63, 3.8) is 0 Å². The van der Waals surface area contributed by atoms with Crippen molar-refractivity contribution in [1.82, 2.24) is 19.5 Å². The van der Waals surface area contributed by atoms with Gasteiger partial charge < -0.3 is 13.4 Å². The van der Waals surface area contributed by atoms with Crippen LogP contribution in [0.25, 0.3) is 117 Å². The molecule has 4 aromatic heterocycles. The third kappa shape index (κ3) is 5.01.